The van der Waals surface area contributed by atoms with Gasteiger partial charge < -0.3 is 0 Å². The smallest absolute Gasteiger partial charge is 0.243 e. The van der Waals surface area contributed by atoms with Gasteiger partial charge in [-0.15, -0.1) is 0 Å². The minimum absolute atomic E-state index is 0.137. The Kier molecular flexibility index (Phi) is 4.63. The van der Waals surface area contributed by atoms with Crippen LogP contribution in [0.1, 0.15) is 24.8 Å². The standard InChI is InChI=1S/C13H16ClN3O2S/c1-10-7-12(8-16-13(10)14)20(18,19)17(6-2-5-15)9-11-3-4-11/h7-8,11H,2-4,6,9H2,1H3. The predicted molar refractivity (Wildman–Crippen MR) is 75.7 cm³/mol. The first-order chi connectivity index (χ1) is 9.45. The molecule has 0 radical (unpaired) electrons. The molecular weight excluding hydrogens is 298 g/mol. The first-order valence-electron chi connectivity index (χ1n) is 6.44. The highest BCUT2D eigenvalue weighted by atomic mass is 35.5. The first-order valence-corrected chi connectivity index (χ1v) is 8.26. The second-order valence-corrected chi connectivity index (χ2v) is 7.29. The van der Waals surface area contributed by atoms with E-state index in [0.717, 1.165) is 12.8 Å². The zero-order valence-electron chi connectivity index (χ0n) is 11.2. The fourth-order valence-corrected chi connectivity index (χ4v) is 3.55. The molecule has 0 aliphatic heterocycles. The highest BCUT2D eigenvalue weighted by Gasteiger charge is 2.31. The maximum Gasteiger partial charge on any atom is 0.244 e. The molecule has 1 saturated carbocycles. The minimum atomic E-state index is -3.61. The van der Waals surface area contributed by atoms with Crippen molar-refractivity contribution < 1.29 is 8.42 Å². The second kappa shape index (κ2) is 6.08. The summed E-state index contributed by atoms with van der Waals surface area (Å²) >= 11 is 5.83. The molecule has 0 aromatic carbocycles. The van der Waals surface area contributed by atoms with Crippen molar-refractivity contribution in [1.29, 1.82) is 5.26 Å². The SMILES string of the molecule is Cc1cc(S(=O)(=O)N(CCC#N)CC2CC2)cnc1Cl. The summed E-state index contributed by atoms with van der Waals surface area (Å²) in [4.78, 5) is 4.03. The molecule has 7 heteroatoms. The summed E-state index contributed by atoms with van der Waals surface area (Å²) in [7, 11) is -3.61. The molecule has 0 N–H and O–H groups in total. The Balaban J connectivity index is 2.27. The third-order valence-electron chi connectivity index (χ3n) is 3.26. The Morgan fingerprint density at radius 3 is 2.80 bits per heavy atom. The van der Waals surface area contributed by atoms with Gasteiger partial charge in [0.1, 0.15) is 10.0 Å². The van der Waals surface area contributed by atoms with Gasteiger partial charge in [0.2, 0.25) is 10.0 Å². The summed E-state index contributed by atoms with van der Waals surface area (Å²) in [5.41, 5.74) is 0.624. The lowest BCUT2D eigenvalue weighted by Crippen LogP contribution is -2.34. The maximum atomic E-state index is 12.6. The first kappa shape index (κ1) is 15.2. The molecule has 1 heterocycles. The molecule has 1 aliphatic carbocycles. The van der Waals surface area contributed by atoms with Crippen LogP contribution in [-0.4, -0.2) is 30.8 Å². The van der Waals surface area contributed by atoms with Crippen LogP contribution in [0.3, 0.4) is 0 Å². The van der Waals surface area contributed by atoms with Gasteiger partial charge in [-0.3, -0.25) is 0 Å². The Hall–Kier alpha value is -1.16. The van der Waals surface area contributed by atoms with Crippen LogP contribution in [0.4, 0.5) is 0 Å². The van der Waals surface area contributed by atoms with Crippen LogP contribution in [0.2, 0.25) is 5.15 Å². The molecule has 5 nitrogen and oxygen atoms in total. The van der Waals surface area contributed by atoms with Crippen LogP contribution < -0.4 is 0 Å². The average Bonchev–Trinajstić information content (AvgIpc) is 3.21. The summed E-state index contributed by atoms with van der Waals surface area (Å²) in [6, 6.07) is 3.52. The van der Waals surface area contributed by atoms with Gasteiger partial charge in [0.05, 0.1) is 6.07 Å². The van der Waals surface area contributed by atoms with Gasteiger partial charge in [0.25, 0.3) is 0 Å². The number of nitriles is 1. The fourth-order valence-electron chi connectivity index (χ4n) is 1.90. The van der Waals surface area contributed by atoms with E-state index in [-0.39, 0.29) is 17.9 Å². The summed E-state index contributed by atoms with van der Waals surface area (Å²) in [5, 5.41) is 8.98. The molecule has 0 saturated heterocycles. The number of pyridine rings is 1. The van der Waals surface area contributed by atoms with Crippen molar-refractivity contribution in [3.63, 3.8) is 0 Å². The molecule has 1 aliphatic rings. The molecule has 1 aromatic rings. The van der Waals surface area contributed by atoms with E-state index in [9.17, 15) is 8.42 Å². The number of aryl methyl sites for hydroxylation is 1. The number of hydrogen-bond acceptors (Lipinski definition) is 4. The largest absolute Gasteiger partial charge is 0.244 e. The number of sulfonamides is 1. The average molecular weight is 314 g/mol. The van der Waals surface area contributed by atoms with Crippen molar-refractivity contribution in [3.05, 3.63) is 23.0 Å². The monoisotopic (exact) mass is 313 g/mol. The normalized spacial score (nSPS) is 15.3. The van der Waals surface area contributed by atoms with Crippen LogP contribution in [0.25, 0.3) is 0 Å². The predicted octanol–water partition coefficient (Wildman–Crippen LogP) is 2.36. The third kappa shape index (κ3) is 3.48. The molecule has 0 spiro atoms. The molecule has 0 unspecified atom stereocenters. The molecular formula is C13H16ClN3O2S. The lowest BCUT2D eigenvalue weighted by atomic mass is 10.3. The second-order valence-electron chi connectivity index (χ2n) is 4.99. The van der Waals surface area contributed by atoms with Crippen molar-refractivity contribution in [2.75, 3.05) is 13.1 Å². The van der Waals surface area contributed by atoms with Gasteiger partial charge in [-0.05, 0) is 37.3 Å². The summed E-state index contributed by atoms with van der Waals surface area (Å²) in [6.07, 6.45) is 3.57. The van der Waals surface area contributed by atoms with Crippen LogP contribution in [0.15, 0.2) is 17.2 Å². The van der Waals surface area contributed by atoms with Gasteiger partial charge >= 0.3 is 0 Å². The van der Waals surface area contributed by atoms with Crippen LogP contribution >= 0.6 is 11.6 Å². The van der Waals surface area contributed by atoms with Gasteiger partial charge in [0, 0.05) is 25.7 Å². The highest BCUT2D eigenvalue weighted by molar-refractivity contribution is 7.89. The molecule has 1 aromatic heterocycles. The number of halogens is 1. The Morgan fingerprint density at radius 2 is 2.25 bits per heavy atom. The summed E-state index contributed by atoms with van der Waals surface area (Å²) in [5.74, 6) is 0.421. The lowest BCUT2D eigenvalue weighted by Gasteiger charge is -2.21. The zero-order valence-corrected chi connectivity index (χ0v) is 12.8. The highest BCUT2D eigenvalue weighted by Crippen LogP contribution is 2.32. The molecule has 2 rings (SSSR count). The van der Waals surface area contributed by atoms with E-state index in [4.69, 9.17) is 16.9 Å². The van der Waals surface area contributed by atoms with E-state index in [1.54, 1.807) is 6.92 Å². The van der Waals surface area contributed by atoms with E-state index >= 15 is 0 Å². The van der Waals surface area contributed by atoms with Gasteiger partial charge in [-0.25, -0.2) is 13.4 Å². The Bertz CT molecular complexity index is 636. The molecule has 0 amide bonds. The van der Waals surface area contributed by atoms with Crippen molar-refractivity contribution >= 4 is 21.6 Å². The Labute approximate surface area is 124 Å². The van der Waals surface area contributed by atoms with E-state index < -0.39 is 10.0 Å². The van der Waals surface area contributed by atoms with Crippen molar-refractivity contribution in [3.8, 4) is 6.07 Å². The molecule has 0 atom stereocenters. The van der Waals surface area contributed by atoms with E-state index in [1.807, 2.05) is 6.07 Å². The number of nitrogens with zero attached hydrogens (tertiary/aromatic N) is 3. The lowest BCUT2D eigenvalue weighted by molar-refractivity contribution is 0.402. The number of rotatable bonds is 6. The molecule has 1 fully saturated rings. The van der Waals surface area contributed by atoms with Gasteiger partial charge in [0.15, 0.2) is 0 Å². The van der Waals surface area contributed by atoms with E-state index in [0.29, 0.717) is 23.2 Å². The van der Waals surface area contributed by atoms with Crippen molar-refractivity contribution in [2.24, 2.45) is 5.92 Å². The Morgan fingerprint density at radius 1 is 1.55 bits per heavy atom. The summed E-state index contributed by atoms with van der Waals surface area (Å²) < 4.78 is 26.6. The summed E-state index contributed by atoms with van der Waals surface area (Å²) in [6.45, 7) is 2.41. The van der Waals surface area contributed by atoms with Crippen molar-refractivity contribution in [1.82, 2.24) is 9.29 Å². The molecule has 0 bridgehead atoms. The molecule has 20 heavy (non-hydrogen) atoms. The van der Waals surface area contributed by atoms with Crippen LogP contribution in [0.5, 0.6) is 0 Å². The quantitative estimate of drug-likeness (QED) is 0.756. The van der Waals surface area contributed by atoms with Crippen LogP contribution in [-0.2, 0) is 10.0 Å². The van der Waals surface area contributed by atoms with Crippen molar-refractivity contribution in [2.45, 2.75) is 31.1 Å². The van der Waals surface area contributed by atoms with Crippen LogP contribution in [0, 0.1) is 24.2 Å². The van der Waals surface area contributed by atoms with E-state index in [2.05, 4.69) is 4.98 Å². The topological polar surface area (TPSA) is 74.1 Å². The minimum Gasteiger partial charge on any atom is -0.243 e. The van der Waals surface area contributed by atoms with Gasteiger partial charge in [-0.2, -0.15) is 9.57 Å². The zero-order chi connectivity index (χ0) is 14.8. The number of hydrogen-bond donors (Lipinski definition) is 0. The fraction of sp³-hybridized carbons (Fsp3) is 0.538. The number of aromatic nitrogens is 1. The van der Waals surface area contributed by atoms with Gasteiger partial charge in [-0.1, -0.05) is 11.6 Å². The molecule has 108 valence electrons. The van der Waals surface area contributed by atoms with E-state index in [1.165, 1.54) is 16.6 Å². The maximum absolute atomic E-state index is 12.6. The third-order valence-corrected chi connectivity index (χ3v) is 5.48.